The molecule has 1 aliphatic carbocycles. The molecular weight excluding hydrogens is 262 g/mol. The van der Waals surface area contributed by atoms with Crippen LogP contribution in [0.25, 0.3) is 0 Å². The van der Waals surface area contributed by atoms with Gasteiger partial charge in [0.15, 0.2) is 5.84 Å². The van der Waals surface area contributed by atoms with Crippen molar-refractivity contribution in [1.29, 1.82) is 0 Å². The first-order chi connectivity index (χ1) is 9.62. The van der Waals surface area contributed by atoms with Crippen LogP contribution in [0, 0.1) is 5.41 Å². The van der Waals surface area contributed by atoms with Crippen molar-refractivity contribution in [2.24, 2.45) is 16.3 Å². The van der Waals surface area contributed by atoms with Gasteiger partial charge in [-0.1, -0.05) is 24.4 Å². The third-order valence-corrected chi connectivity index (χ3v) is 3.94. The van der Waals surface area contributed by atoms with Gasteiger partial charge in [0.1, 0.15) is 5.41 Å². The number of oxime groups is 1. The molecule has 0 aliphatic heterocycles. The molecule has 1 amide bonds. The Hall–Kier alpha value is -1.34. The van der Waals surface area contributed by atoms with Crippen LogP contribution in [0.1, 0.15) is 32.1 Å². The highest BCUT2D eigenvalue weighted by atomic mass is 16.5. The summed E-state index contributed by atoms with van der Waals surface area (Å²) in [6.45, 7) is 0.874. The standard InChI is InChI=1S/C13H25N3O4/c1-20-10-8-16(7-9-17)12(18)13(11(14)15-19)5-3-2-4-6-13/h17,19H,2-10H2,1H3,(H2,14,15). The average Bonchev–Trinajstić information content (AvgIpc) is 2.50. The molecule has 7 heteroatoms. The number of amidine groups is 1. The van der Waals surface area contributed by atoms with E-state index in [1.165, 1.54) is 4.90 Å². The lowest BCUT2D eigenvalue weighted by Gasteiger charge is -2.38. The van der Waals surface area contributed by atoms with Crippen molar-refractivity contribution >= 4 is 11.7 Å². The third kappa shape index (κ3) is 3.61. The van der Waals surface area contributed by atoms with E-state index in [-0.39, 0.29) is 24.9 Å². The molecule has 0 aromatic rings. The van der Waals surface area contributed by atoms with Crippen LogP contribution < -0.4 is 5.73 Å². The van der Waals surface area contributed by atoms with E-state index < -0.39 is 5.41 Å². The minimum absolute atomic E-state index is 0.0254. The highest BCUT2D eigenvalue weighted by molar-refractivity contribution is 6.06. The number of nitrogens with two attached hydrogens (primary N) is 1. The monoisotopic (exact) mass is 287 g/mol. The van der Waals surface area contributed by atoms with Gasteiger partial charge in [0.2, 0.25) is 5.91 Å². The first-order valence-electron chi connectivity index (χ1n) is 6.99. The van der Waals surface area contributed by atoms with Gasteiger partial charge < -0.3 is 25.7 Å². The quantitative estimate of drug-likeness (QED) is 0.267. The second kappa shape index (κ2) is 8.06. The molecule has 0 saturated heterocycles. The molecule has 7 nitrogen and oxygen atoms in total. The number of hydrogen-bond donors (Lipinski definition) is 3. The highest BCUT2D eigenvalue weighted by Crippen LogP contribution is 2.38. The van der Waals surface area contributed by atoms with Crippen LogP contribution in [0.2, 0.25) is 0 Å². The van der Waals surface area contributed by atoms with Gasteiger partial charge in [-0.3, -0.25) is 4.79 Å². The summed E-state index contributed by atoms with van der Waals surface area (Å²) in [6.07, 6.45) is 3.96. The number of methoxy groups -OCH3 is 1. The Labute approximate surface area is 119 Å². The van der Waals surface area contributed by atoms with Crippen molar-refractivity contribution in [2.75, 3.05) is 33.4 Å². The Kier molecular flexibility index (Phi) is 6.74. The van der Waals surface area contributed by atoms with Gasteiger partial charge >= 0.3 is 0 Å². The summed E-state index contributed by atoms with van der Waals surface area (Å²) in [4.78, 5) is 14.3. The molecule has 0 aromatic carbocycles. The molecular formula is C13H25N3O4. The van der Waals surface area contributed by atoms with Gasteiger partial charge in [0, 0.05) is 20.2 Å². The van der Waals surface area contributed by atoms with E-state index in [4.69, 9.17) is 20.8 Å². The predicted octanol–water partition coefficient (Wildman–Crippen LogP) is 0.151. The number of ether oxygens (including phenoxy) is 1. The van der Waals surface area contributed by atoms with Gasteiger partial charge in [0.05, 0.1) is 13.2 Å². The molecule has 0 bridgehead atoms. The summed E-state index contributed by atoms with van der Waals surface area (Å²) in [5, 5.41) is 21.2. The molecule has 0 radical (unpaired) electrons. The molecule has 1 fully saturated rings. The van der Waals surface area contributed by atoms with E-state index in [9.17, 15) is 4.79 Å². The summed E-state index contributed by atoms with van der Waals surface area (Å²) in [7, 11) is 1.56. The number of rotatable bonds is 7. The maximum absolute atomic E-state index is 12.8. The van der Waals surface area contributed by atoms with Crippen LogP contribution >= 0.6 is 0 Å². The fourth-order valence-electron chi connectivity index (χ4n) is 2.77. The normalized spacial score (nSPS) is 18.8. The zero-order valence-corrected chi connectivity index (χ0v) is 12.0. The Morgan fingerprint density at radius 3 is 2.50 bits per heavy atom. The Bertz CT molecular complexity index is 341. The van der Waals surface area contributed by atoms with Gasteiger partial charge in [-0.05, 0) is 12.8 Å². The molecule has 0 heterocycles. The zero-order valence-electron chi connectivity index (χ0n) is 12.0. The molecule has 1 saturated carbocycles. The summed E-state index contributed by atoms with van der Waals surface area (Å²) < 4.78 is 4.99. The molecule has 0 spiro atoms. The number of carbonyl (C=O) groups excluding carboxylic acids is 1. The number of nitrogens with zero attached hydrogens (tertiary/aromatic N) is 2. The van der Waals surface area contributed by atoms with E-state index in [0.29, 0.717) is 26.0 Å². The zero-order chi connectivity index (χ0) is 15.0. The number of amides is 1. The topological polar surface area (TPSA) is 108 Å². The Morgan fingerprint density at radius 1 is 1.35 bits per heavy atom. The van der Waals surface area contributed by atoms with E-state index in [0.717, 1.165) is 19.3 Å². The highest BCUT2D eigenvalue weighted by Gasteiger charge is 2.45. The van der Waals surface area contributed by atoms with Crippen molar-refractivity contribution in [1.82, 2.24) is 4.90 Å². The first kappa shape index (κ1) is 16.7. The largest absolute Gasteiger partial charge is 0.409 e. The molecule has 0 atom stereocenters. The Balaban J connectivity index is 2.95. The average molecular weight is 287 g/mol. The van der Waals surface area contributed by atoms with Gasteiger partial charge in [-0.15, -0.1) is 0 Å². The molecule has 20 heavy (non-hydrogen) atoms. The van der Waals surface area contributed by atoms with Crippen molar-refractivity contribution in [3.8, 4) is 0 Å². The predicted molar refractivity (Wildman–Crippen MR) is 74.5 cm³/mol. The van der Waals surface area contributed by atoms with Crippen molar-refractivity contribution in [2.45, 2.75) is 32.1 Å². The summed E-state index contributed by atoms with van der Waals surface area (Å²) >= 11 is 0. The van der Waals surface area contributed by atoms with Crippen molar-refractivity contribution in [3.63, 3.8) is 0 Å². The van der Waals surface area contributed by atoms with Crippen LogP contribution in [0.5, 0.6) is 0 Å². The second-order valence-electron chi connectivity index (χ2n) is 5.14. The maximum Gasteiger partial charge on any atom is 0.236 e. The van der Waals surface area contributed by atoms with Crippen LogP contribution in [-0.4, -0.2) is 60.4 Å². The van der Waals surface area contributed by atoms with Crippen LogP contribution in [0.4, 0.5) is 0 Å². The lowest BCUT2D eigenvalue weighted by atomic mass is 9.72. The van der Waals surface area contributed by atoms with Gasteiger partial charge in [-0.25, -0.2) is 0 Å². The van der Waals surface area contributed by atoms with Crippen LogP contribution in [0.3, 0.4) is 0 Å². The molecule has 0 aromatic heterocycles. The number of aliphatic hydroxyl groups is 1. The lowest BCUT2D eigenvalue weighted by Crippen LogP contribution is -2.53. The minimum Gasteiger partial charge on any atom is -0.409 e. The van der Waals surface area contributed by atoms with E-state index in [1.807, 2.05) is 0 Å². The molecule has 1 aliphatic rings. The smallest absolute Gasteiger partial charge is 0.236 e. The lowest BCUT2D eigenvalue weighted by molar-refractivity contribution is -0.141. The molecule has 4 N–H and O–H groups in total. The minimum atomic E-state index is -0.935. The van der Waals surface area contributed by atoms with E-state index >= 15 is 0 Å². The van der Waals surface area contributed by atoms with Gasteiger partial charge in [0.25, 0.3) is 0 Å². The summed E-state index contributed by atoms with van der Waals surface area (Å²) in [5.74, 6) is -0.207. The van der Waals surface area contributed by atoms with Crippen LogP contribution in [-0.2, 0) is 9.53 Å². The number of carbonyl (C=O) groups is 1. The molecule has 1 rings (SSSR count). The SMILES string of the molecule is COCCN(CCO)C(=O)C1(C(N)=NO)CCCCC1. The maximum atomic E-state index is 12.8. The molecule has 0 unspecified atom stereocenters. The van der Waals surface area contributed by atoms with E-state index in [1.54, 1.807) is 7.11 Å². The summed E-state index contributed by atoms with van der Waals surface area (Å²) in [6, 6.07) is 0. The fraction of sp³-hybridized carbons (Fsp3) is 0.846. The van der Waals surface area contributed by atoms with Crippen molar-refractivity contribution in [3.05, 3.63) is 0 Å². The summed E-state index contributed by atoms with van der Waals surface area (Å²) in [5.41, 5.74) is 4.87. The second-order valence-corrected chi connectivity index (χ2v) is 5.14. The number of aliphatic hydroxyl groups excluding tert-OH is 1. The third-order valence-electron chi connectivity index (χ3n) is 3.94. The van der Waals surface area contributed by atoms with Gasteiger partial charge in [-0.2, -0.15) is 0 Å². The Morgan fingerprint density at radius 2 is 2.00 bits per heavy atom. The molecule has 116 valence electrons. The number of hydrogen-bond acceptors (Lipinski definition) is 5. The van der Waals surface area contributed by atoms with E-state index in [2.05, 4.69) is 5.16 Å². The first-order valence-corrected chi connectivity index (χ1v) is 6.99. The van der Waals surface area contributed by atoms with Crippen molar-refractivity contribution < 1.29 is 19.8 Å². The van der Waals surface area contributed by atoms with Crippen LogP contribution in [0.15, 0.2) is 5.16 Å². The fourth-order valence-corrected chi connectivity index (χ4v) is 2.77.